The zero-order valence-electron chi connectivity index (χ0n) is 9.91. The van der Waals surface area contributed by atoms with Crippen LogP contribution < -0.4 is 10.6 Å². The molecular formula is C13H14N4O. The Hall–Kier alpha value is -2.17. The molecule has 0 spiro atoms. The van der Waals surface area contributed by atoms with Gasteiger partial charge < -0.3 is 10.6 Å². The van der Waals surface area contributed by atoms with Crippen LogP contribution in [0.3, 0.4) is 0 Å². The second kappa shape index (κ2) is 4.25. The maximum atomic E-state index is 11.2. The molecule has 0 bridgehead atoms. The summed E-state index contributed by atoms with van der Waals surface area (Å²) in [5, 5.41) is 0. The van der Waals surface area contributed by atoms with E-state index in [0.29, 0.717) is 6.54 Å². The van der Waals surface area contributed by atoms with Crippen LogP contribution in [0.25, 0.3) is 11.0 Å². The van der Waals surface area contributed by atoms with E-state index in [1.165, 1.54) is 0 Å². The second-order valence-electron chi connectivity index (χ2n) is 4.55. The Labute approximate surface area is 105 Å². The van der Waals surface area contributed by atoms with Gasteiger partial charge in [0.1, 0.15) is 5.82 Å². The number of hydrogen-bond acceptors (Lipinski definition) is 4. The lowest BCUT2D eigenvalue weighted by Crippen LogP contribution is -2.27. The molecule has 0 radical (unpaired) electrons. The van der Waals surface area contributed by atoms with E-state index in [1.54, 1.807) is 6.20 Å². The highest BCUT2D eigenvalue weighted by atomic mass is 16.1. The lowest BCUT2D eigenvalue weighted by atomic mass is 10.1. The molecule has 5 heteroatoms. The van der Waals surface area contributed by atoms with Crippen molar-refractivity contribution in [3.63, 3.8) is 0 Å². The van der Waals surface area contributed by atoms with Crippen LogP contribution in [0.4, 0.5) is 5.82 Å². The number of carbonyl (C=O) groups excluding carboxylic acids is 1. The normalized spacial score (nSPS) is 19.3. The Bertz CT molecular complexity index is 598. The molecule has 1 aliphatic heterocycles. The van der Waals surface area contributed by atoms with Crippen molar-refractivity contribution in [2.24, 2.45) is 11.7 Å². The van der Waals surface area contributed by atoms with Gasteiger partial charge in [0, 0.05) is 13.1 Å². The molecule has 1 atom stereocenters. The highest BCUT2D eigenvalue weighted by Crippen LogP contribution is 2.22. The zero-order valence-corrected chi connectivity index (χ0v) is 9.91. The van der Waals surface area contributed by atoms with Gasteiger partial charge in [-0.2, -0.15) is 0 Å². The molecule has 92 valence electrons. The summed E-state index contributed by atoms with van der Waals surface area (Å²) >= 11 is 0. The van der Waals surface area contributed by atoms with Gasteiger partial charge in [-0.1, -0.05) is 12.1 Å². The van der Waals surface area contributed by atoms with Crippen molar-refractivity contribution in [2.45, 2.75) is 6.42 Å². The van der Waals surface area contributed by atoms with Crippen molar-refractivity contribution in [2.75, 3.05) is 18.0 Å². The number of fused-ring (bicyclic) bond motifs is 1. The minimum absolute atomic E-state index is 0.0710. The van der Waals surface area contributed by atoms with Gasteiger partial charge in [-0.25, -0.2) is 4.98 Å². The van der Waals surface area contributed by atoms with Gasteiger partial charge in [-0.15, -0.1) is 0 Å². The van der Waals surface area contributed by atoms with E-state index in [0.717, 1.165) is 29.8 Å². The molecule has 1 aliphatic rings. The van der Waals surface area contributed by atoms with Crippen LogP contribution in [-0.2, 0) is 4.79 Å². The monoisotopic (exact) mass is 242 g/mol. The Morgan fingerprint density at radius 3 is 2.83 bits per heavy atom. The molecule has 1 amide bonds. The summed E-state index contributed by atoms with van der Waals surface area (Å²) in [7, 11) is 0. The van der Waals surface area contributed by atoms with Gasteiger partial charge in [-0.05, 0) is 18.6 Å². The number of anilines is 1. The predicted octanol–water partition coefficient (Wildman–Crippen LogP) is 0.941. The van der Waals surface area contributed by atoms with Crippen molar-refractivity contribution < 1.29 is 4.79 Å². The number of nitrogens with zero attached hydrogens (tertiary/aromatic N) is 3. The van der Waals surface area contributed by atoms with Crippen LogP contribution in [-0.4, -0.2) is 29.0 Å². The average molecular weight is 242 g/mol. The summed E-state index contributed by atoms with van der Waals surface area (Å²) in [5.74, 6) is 0.516. The quantitative estimate of drug-likeness (QED) is 0.850. The largest absolute Gasteiger partial charge is 0.369 e. The third-order valence-corrected chi connectivity index (χ3v) is 3.35. The SMILES string of the molecule is NC(=O)C1CCN(c2cnc3ccccc3n2)C1. The van der Waals surface area contributed by atoms with E-state index in [-0.39, 0.29) is 11.8 Å². The van der Waals surface area contributed by atoms with E-state index in [4.69, 9.17) is 5.73 Å². The molecule has 0 aliphatic carbocycles. The molecule has 0 saturated carbocycles. The Morgan fingerprint density at radius 2 is 2.11 bits per heavy atom. The Morgan fingerprint density at radius 1 is 1.33 bits per heavy atom. The Kier molecular flexibility index (Phi) is 2.59. The standard InChI is InChI=1S/C13H14N4O/c14-13(18)9-5-6-17(8-9)12-7-15-10-3-1-2-4-11(10)16-12/h1-4,7,9H,5-6,8H2,(H2,14,18). The fraction of sp³-hybridized carbons (Fsp3) is 0.308. The first-order chi connectivity index (χ1) is 8.74. The number of nitrogens with two attached hydrogens (primary N) is 1. The number of amides is 1. The summed E-state index contributed by atoms with van der Waals surface area (Å²) in [6.45, 7) is 1.45. The van der Waals surface area contributed by atoms with Crippen LogP contribution in [0.2, 0.25) is 0 Å². The molecule has 2 N–H and O–H groups in total. The van der Waals surface area contributed by atoms with Crippen molar-refractivity contribution in [3.05, 3.63) is 30.5 Å². The van der Waals surface area contributed by atoms with E-state index >= 15 is 0 Å². The van der Waals surface area contributed by atoms with Crippen molar-refractivity contribution in [1.29, 1.82) is 0 Å². The molecule has 5 nitrogen and oxygen atoms in total. The number of primary amides is 1. The second-order valence-corrected chi connectivity index (χ2v) is 4.55. The van der Waals surface area contributed by atoms with E-state index in [9.17, 15) is 4.79 Å². The molecular weight excluding hydrogens is 228 g/mol. The molecule has 2 aromatic rings. The van der Waals surface area contributed by atoms with Crippen LogP contribution in [0.15, 0.2) is 30.5 Å². The zero-order chi connectivity index (χ0) is 12.5. The Balaban J connectivity index is 1.89. The molecule has 1 fully saturated rings. The molecule has 3 rings (SSSR count). The minimum atomic E-state index is -0.230. The highest BCUT2D eigenvalue weighted by molar-refractivity contribution is 5.78. The molecule has 2 heterocycles. The van der Waals surface area contributed by atoms with Gasteiger partial charge in [0.15, 0.2) is 0 Å². The summed E-state index contributed by atoms with van der Waals surface area (Å²) in [6.07, 6.45) is 2.55. The van der Waals surface area contributed by atoms with Gasteiger partial charge in [0.2, 0.25) is 5.91 Å². The van der Waals surface area contributed by atoms with Crippen LogP contribution in [0.1, 0.15) is 6.42 Å². The first-order valence-corrected chi connectivity index (χ1v) is 6.00. The van der Waals surface area contributed by atoms with Crippen LogP contribution in [0.5, 0.6) is 0 Å². The van der Waals surface area contributed by atoms with Crippen molar-refractivity contribution in [1.82, 2.24) is 9.97 Å². The first kappa shape index (κ1) is 11.0. The molecule has 1 saturated heterocycles. The topological polar surface area (TPSA) is 72.1 Å². The number of hydrogen-bond donors (Lipinski definition) is 1. The minimum Gasteiger partial charge on any atom is -0.369 e. The lowest BCUT2D eigenvalue weighted by Gasteiger charge is -2.16. The number of carbonyl (C=O) groups is 1. The number of para-hydroxylation sites is 2. The molecule has 1 unspecified atom stereocenters. The van der Waals surface area contributed by atoms with E-state index in [1.807, 2.05) is 24.3 Å². The maximum Gasteiger partial charge on any atom is 0.222 e. The van der Waals surface area contributed by atoms with E-state index < -0.39 is 0 Å². The predicted molar refractivity (Wildman–Crippen MR) is 69.1 cm³/mol. The van der Waals surface area contributed by atoms with Gasteiger partial charge in [-0.3, -0.25) is 9.78 Å². The number of benzene rings is 1. The first-order valence-electron chi connectivity index (χ1n) is 6.00. The maximum absolute atomic E-state index is 11.2. The highest BCUT2D eigenvalue weighted by Gasteiger charge is 2.27. The third-order valence-electron chi connectivity index (χ3n) is 3.35. The summed E-state index contributed by atoms with van der Waals surface area (Å²) in [5.41, 5.74) is 7.08. The molecule has 18 heavy (non-hydrogen) atoms. The molecule has 1 aromatic carbocycles. The fourth-order valence-electron chi connectivity index (χ4n) is 2.30. The van der Waals surface area contributed by atoms with Gasteiger partial charge >= 0.3 is 0 Å². The van der Waals surface area contributed by atoms with Gasteiger partial charge in [0.25, 0.3) is 0 Å². The van der Waals surface area contributed by atoms with Crippen LogP contribution >= 0.6 is 0 Å². The summed E-state index contributed by atoms with van der Waals surface area (Å²) < 4.78 is 0. The average Bonchev–Trinajstić information content (AvgIpc) is 2.88. The summed E-state index contributed by atoms with van der Waals surface area (Å²) in [6, 6.07) is 7.75. The number of aromatic nitrogens is 2. The van der Waals surface area contributed by atoms with Gasteiger partial charge in [0.05, 0.1) is 23.1 Å². The third kappa shape index (κ3) is 1.88. The van der Waals surface area contributed by atoms with Crippen molar-refractivity contribution >= 4 is 22.8 Å². The lowest BCUT2D eigenvalue weighted by molar-refractivity contribution is -0.121. The smallest absolute Gasteiger partial charge is 0.222 e. The number of rotatable bonds is 2. The van der Waals surface area contributed by atoms with Crippen molar-refractivity contribution in [3.8, 4) is 0 Å². The van der Waals surface area contributed by atoms with Crippen LogP contribution in [0, 0.1) is 5.92 Å². The molecule has 1 aromatic heterocycles. The fourth-order valence-corrected chi connectivity index (χ4v) is 2.30. The van der Waals surface area contributed by atoms with E-state index in [2.05, 4.69) is 14.9 Å². The summed E-state index contributed by atoms with van der Waals surface area (Å²) in [4.78, 5) is 22.2.